The molecule has 0 amide bonds. The summed E-state index contributed by atoms with van der Waals surface area (Å²) in [4.78, 5) is 1.21. The Labute approximate surface area is 132 Å². The predicted octanol–water partition coefficient (Wildman–Crippen LogP) is 4.85. The summed E-state index contributed by atoms with van der Waals surface area (Å²) in [6.07, 6.45) is 1.70. The van der Waals surface area contributed by atoms with Crippen molar-refractivity contribution in [3.05, 3.63) is 59.0 Å². The maximum atomic E-state index is 5.53. The molecule has 0 aliphatic rings. The van der Waals surface area contributed by atoms with E-state index in [2.05, 4.69) is 45.1 Å². The Morgan fingerprint density at radius 3 is 2.90 bits per heavy atom. The van der Waals surface area contributed by atoms with Gasteiger partial charge in [-0.05, 0) is 60.3 Å². The molecule has 1 aromatic carbocycles. The van der Waals surface area contributed by atoms with Gasteiger partial charge >= 0.3 is 0 Å². The molecule has 2 heterocycles. The number of thiophene rings is 1. The molecule has 5 heteroatoms. The fourth-order valence-corrected chi connectivity index (χ4v) is 3.56. The number of hydrogen-bond acceptors (Lipinski definition) is 5. The van der Waals surface area contributed by atoms with Crippen LogP contribution in [0.5, 0.6) is 0 Å². The average Bonchev–Trinajstić information content (AvgIpc) is 3.19. The van der Waals surface area contributed by atoms with Gasteiger partial charge in [0.05, 0.1) is 12.0 Å². The summed E-state index contributed by atoms with van der Waals surface area (Å²) in [5.41, 5.74) is 3.37. The molecule has 108 valence electrons. The van der Waals surface area contributed by atoms with E-state index in [1.807, 2.05) is 19.2 Å². The second-order valence-corrected chi connectivity index (χ2v) is 6.21. The van der Waals surface area contributed by atoms with E-state index >= 15 is 0 Å². The van der Waals surface area contributed by atoms with E-state index in [0.717, 1.165) is 23.6 Å². The van der Waals surface area contributed by atoms with Crippen LogP contribution in [0.2, 0.25) is 0 Å². The summed E-state index contributed by atoms with van der Waals surface area (Å²) in [6, 6.07) is 12.4. The van der Waals surface area contributed by atoms with E-state index in [-0.39, 0.29) is 0 Å². The van der Waals surface area contributed by atoms with Gasteiger partial charge in [0.25, 0.3) is 0 Å². The number of anilines is 1. The third-order valence-corrected chi connectivity index (χ3v) is 4.67. The summed E-state index contributed by atoms with van der Waals surface area (Å²) >= 11 is 3.32. The molecule has 0 aliphatic heterocycles. The number of rotatable bonds is 6. The quantitative estimate of drug-likeness (QED) is 0.638. The molecule has 0 saturated heterocycles. The molecule has 0 spiro atoms. The summed E-state index contributed by atoms with van der Waals surface area (Å²) in [7, 11) is 1.95. The number of benzene rings is 1. The van der Waals surface area contributed by atoms with Gasteiger partial charge in [-0.15, -0.1) is 0 Å². The Morgan fingerprint density at radius 2 is 2.19 bits per heavy atom. The maximum Gasteiger partial charge on any atom is 0.135 e. The number of hydrogen-bond donors (Lipinski definition) is 2. The van der Waals surface area contributed by atoms with Crippen molar-refractivity contribution in [2.75, 3.05) is 11.8 Å². The van der Waals surface area contributed by atoms with Gasteiger partial charge in [0.2, 0.25) is 0 Å². The minimum atomic E-state index is 0.843. The highest BCUT2D eigenvalue weighted by molar-refractivity contribution is 8.00. The second kappa shape index (κ2) is 6.85. The lowest BCUT2D eigenvalue weighted by atomic mass is 10.1. The lowest BCUT2D eigenvalue weighted by molar-refractivity contribution is 0.582. The highest BCUT2D eigenvalue weighted by Crippen LogP contribution is 2.33. The fraction of sp³-hybridized carbons (Fsp3) is 0.125. The normalized spacial score (nSPS) is 10.7. The van der Waals surface area contributed by atoms with E-state index < -0.39 is 0 Å². The van der Waals surface area contributed by atoms with Crippen molar-refractivity contribution < 1.29 is 4.42 Å². The van der Waals surface area contributed by atoms with Crippen LogP contribution in [-0.2, 0) is 6.54 Å². The van der Waals surface area contributed by atoms with Crippen molar-refractivity contribution in [1.82, 2.24) is 5.32 Å². The van der Waals surface area contributed by atoms with Crippen molar-refractivity contribution in [2.45, 2.75) is 11.4 Å². The summed E-state index contributed by atoms with van der Waals surface area (Å²) in [6.45, 7) is 0.843. The van der Waals surface area contributed by atoms with Crippen LogP contribution in [0.4, 0.5) is 5.69 Å². The van der Waals surface area contributed by atoms with Crippen LogP contribution in [-0.4, -0.2) is 7.05 Å². The topological polar surface area (TPSA) is 37.2 Å². The molecule has 3 rings (SSSR count). The third kappa shape index (κ3) is 3.50. The summed E-state index contributed by atoms with van der Waals surface area (Å²) in [5.74, 6) is 0.874. The third-order valence-electron chi connectivity index (χ3n) is 3.03. The Morgan fingerprint density at radius 1 is 1.24 bits per heavy atom. The number of nitrogens with one attached hydrogen (secondary N) is 2. The lowest BCUT2D eigenvalue weighted by Crippen LogP contribution is -2.05. The monoisotopic (exact) mass is 316 g/mol. The van der Waals surface area contributed by atoms with Crippen LogP contribution in [0, 0.1) is 0 Å². The van der Waals surface area contributed by atoms with Gasteiger partial charge in [0.1, 0.15) is 5.76 Å². The largest absolute Gasteiger partial charge is 0.464 e. The molecular weight excluding hydrogens is 300 g/mol. The van der Waals surface area contributed by atoms with Gasteiger partial charge in [-0.1, -0.05) is 6.07 Å². The van der Waals surface area contributed by atoms with Crippen LogP contribution in [0.1, 0.15) is 5.56 Å². The second-order valence-electron chi connectivity index (χ2n) is 4.55. The van der Waals surface area contributed by atoms with Crippen molar-refractivity contribution in [3.8, 4) is 11.3 Å². The number of furan rings is 1. The van der Waals surface area contributed by atoms with Gasteiger partial charge in [0.15, 0.2) is 0 Å². The first-order chi connectivity index (χ1) is 10.4. The molecule has 0 saturated carbocycles. The van der Waals surface area contributed by atoms with Crippen LogP contribution in [0.15, 0.2) is 62.7 Å². The minimum absolute atomic E-state index is 0.843. The summed E-state index contributed by atoms with van der Waals surface area (Å²) < 4.78 is 8.97. The Balaban J connectivity index is 1.88. The molecule has 0 aliphatic carbocycles. The molecule has 0 unspecified atom stereocenters. The standard InChI is InChI=1S/C16H16N2OS2/c1-17-10-12-4-5-14(16-3-2-7-19-16)15(9-12)18-21-13-6-8-20-11-13/h2-9,11,17-18H,10H2,1H3. The van der Waals surface area contributed by atoms with Crippen LogP contribution < -0.4 is 10.0 Å². The zero-order valence-corrected chi connectivity index (χ0v) is 13.3. The molecular formula is C16H16N2OS2. The average molecular weight is 316 g/mol. The molecule has 2 N–H and O–H groups in total. The zero-order valence-electron chi connectivity index (χ0n) is 11.6. The molecule has 2 aromatic heterocycles. The molecule has 3 nitrogen and oxygen atoms in total. The summed E-state index contributed by atoms with van der Waals surface area (Å²) in [5, 5.41) is 7.38. The first-order valence-electron chi connectivity index (χ1n) is 6.63. The van der Waals surface area contributed by atoms with Crippen molar-refractivity contribution in [3.63, 3.8) is 0 Å². The van der Waals surface area contributed by atoms with Gasteiger partial charge in [-0.2, -0.15) is 11.3 Å². The first kappa shape index (κ1) is 14.3. The van der Waals surface area contributed by atoms with Gasteiger partial charge < -0.3 is 14.5 Å². The first-order valence-corrected chi connectivity index (χ1v) is 8.39. The molecule has 0 fully saturated rings. The zero-order chi connectivity index (χ0) is 14.5. The highest BCUT2D eigenvalue weighted by atomic mass is 32.2. The molecule has 21 heavy (non-hydrogen) atoms. The van der Waals surface area contributed by atoms with Crippen molar-refractivity contribution in [1.29, 1.82) is 0 Å². The van der Waals surface area contributed by atoms with Gasteiger partial charge in [0, 0.05) is 22.4 Å². The van der Waals surface area contributed by atoms with E-state index in [0.29, 0.717) is 0 Å². The molecule has 0 radical (unpaired) electrons. The van der Waals surface area contributed by atoms with Crippen molar-refractivity contribution in [2.24, 2.45) is 0 Å². The molecule has 0 atom stereocenters. The van der Waals surface area contributed by atoms with Crippen LogP contribution >= 0.6 is 23.3 Å². The minimum Gasteiger partial charge on any atom is -0.464 e. The fourth-order valence-electron chi connectivity index (χ4n) is 2.06. The van der Waals surface area contributed by atoms with Crippen LogP contribution in [0.3, 0.4) is 0 Å². The highest BCUT2D eigenvalue weighted by Gasteiger charge is 2.09. The molecule has 0 bridgehead atoms. The van der Waals surface area contributed by atoms with Gasteiger partial charge in [-0.3, -0.25) is 0 Å². The SMILES string of the molecule is CNCc1ccc(-c2ccco2)c(NSc2ccsc2)c1. The van der Waals surface area contributed by atoms with E-state index in [9.17, 15) is 0 Å². The van der Waals surface area contributed by atoms with Crippen LogP contribution in [0.25, 0.3) is 11.3 Å². The maximum absolute atomic E-state index is 5.53. The van der Waals surface area contributed by atoms with Gasteiger partial charge in [-0.25, -0.2) is 0 Å². The van der Waals surface area contributed by atoms with E-state index in [1.54, 1.807) is 29.5 Å². The Bertz CT molecular complexity index is 678. The predicted molar refractivity (Wildman–Crippen MR) is 90.7 cm³/mol. The molecule has 3 aromatic rings. The Kier molecular flexibility index (Phi) is 4.65. The van der Waals surface area contributed by atoms with E-state index in [4.69, 9.17) is 4.42 Å². The Hall–Kier alpha value is -1.69. The lowest BCUT2D eigenvalue weighted by Gasteiger charge is -2.11. The van der Waals surface area contributed by atoms with E-state index in [1.165, 1.54) is 10.5 Å². The van der Waals surface area contributed by atoms with Crippen molar-refractivity contribution >= 4 is 29.0 Å². The smallest absolute Gasteiger partial charge is 0.135 e.